The minimum Gasteiger partial charge on any atom is -0.506 e. The van der Waals surface area contributed by atoms with Crippen LogP contribution in [0.3, 0.4) is 0 Å². The van der Waals surface area contributed by atoms with Crippen molar-refractivity contribution >= 4 is 39.9 Å². The van der Waals surface area contributed by atoms with Gasteiger partial charge < -0.3 is 20.6 Å². The molecule has 32 heavy (non-hydrogen) atoms. The third kappa shape index (κ3) is 4.99. The number of para-hydroxylation sites is 1. The van der Waals surface area contributed by atoms with Crippen LogP contribution in [0.5, 0.6) is 5.75 Å². The fourth-order valence-corrected chi connectivity index (χ4v) is 4.04. The molecule has 166 valence electrons. The van der Waals surface area contributed by atoms with Gasteiger partial charge >= 0.3 is 0 Å². The lowest BCUT2D eigenvalue weighted by atomic mass is 9.95. The van der Waals surface area contributed by atoms with Crippen LogP contribution in [-0.4, -0.2) is 35.0 Å². The third-order valence-corrected chi connectivity index (χ3v) is 5.76. The third-order valence-electron chi connectivity index (χ3n) is 5.76. The number of nitrogens with one attached hydrogen (secondary N) is 2. The largest absolute Gasteiger partial charge is 0.506 e. The van der Waals surface area contributed by atoms with Gasteiger partial charge in [0.1, 0.15) is 17.1 Å². The minimum absolute atomic E-state index is 0.00852. The molecule has 1 fully saturated rings. The molecule has 0 spiro atoms. The number of anilines is 3. The van der Waals surface area contributed by atoms with Crippen LogP contribution < -0.4 is 15.5 Å². The smallest absolute Gasteiger partial charge is 0.227 e. The molecule has 2 heterocycles. The Morgan fingerprint density at radius 1 is 1.03 bits per heavy atom. The van der Waals surface area contributed by atoms with Crippen molar-refractivity contribution in [3.63, 3.8) is 0 Å². The molecule has 3 N–H and O–H groups in total. The molecule has 7 heteroatoms. The quantitative estimate of drug-likeness (QED) is 0.532. The summed E-state index contributed by atoms with van der Waals surface area (Å²) in [6, 6.07) is 16.5. The molecule has 4 rings (SSSR count). The molecular formula is C25H28N4O3. The Morgan fingerprint density at radius 2 is 1.75 bits per heavy atom. The minimum atomic E-state index is -0.0848. The second kappa shape index (κ2) is 9.68. The van der Waals surface area contributed by atoms with Gasteiger partial charge in [0.15, 0.2) is 0 Å². The van der Waals surface area contributed by atoms with Crippen LogP contribution in [0.15, 0.2) is 54.6 Å². The highest BCUT2D eigenvalue weighted by Gasteiger charge is 2.26. The number of rotatable bonds is 6. The monoisotopic (exact) mass is 432 g/mol. The first-order valence-corrected chi connectivity index (χ1v) is 11.1. The van der Waals surface area contributed by atoms with E-state index in [4.69, 9.17) is 0 Å². The summed E-state index contributed by atoms with van der Waals surface area (Å²) in [5.74, 6) is 0.864. The van der Waals surface area contributed by atoms with E-state index in [2.05, 4.69) is 20.5 Å². The second-order valence-electron chi connectivity index (χ2n) is 8.15. The number of hydrogen-bond acceptors (Lipinski definition) is 5. The predicted octanol–water partition coefficient (Wildman–Crippen LogP) is 4.53. The molecule has 0 radical (unpaired) electrons. The molecular weight excluding hydrogens is 404 g/mol. The summed E-state index contributed by atoms with van der Waals surface area (Å²) in [5, 5.41) is 16.8. The van der Waals surface area contributed by atoms with Crippen LogP contribution in [0.1, 0.15) is 32.6 Å². The molecule has 2 aromatic carbocycles. The Labute approximate surface area is 187 Å². The lowest BCUT2D eigenvalue weighted by molar-refractivity contribution is -0.120. The van der Waals surface area contributed by atoms with Crippen molar-refractivity contribution in [2.45, 2.75) is 32.6 Å². The van der Waals surface area contributed by atoms with Crippen molar-refractivity contribution in [3.05, 3.63) is 54.6 Å². The molecule has 0 bridgehead atoms. The number of aromatic hydroxyl groups is 1. The molecule has 2 amide bonds. The van der Waals surface area contributed by atoms with Crippen molar-refractivity contribution in [1.82, 2.24) is 4.98 Å². The number of benzene rings is 2. The zero-order chi connectivity index (χ0) is 22.5. The van der Waals surface area contributed by atoms with Crippen molar-refractivity contribution in [3.8, 4) is 5.75 Å². The van der Waals surface area contributed by atoms with Gasteiger partial charge in [0.05, 0.1) is 0 Å². The van der Waals surface area contributed by atoms with Gasteiger partial charge in [-0.15, -0.1) is 0 Å². The molecule has 7 nitrogen and oxygen atoms in total. The maximum atomic E-state index is 12.8. The fourth-order valence-electron chi connectivity index (χ4n) is 4.04. The second-order valence-corrected chi connectivity index (χ2v) is 8.15. The summed E-state index contributed by atoms with van der Waals surface area (Å²) in [7, 11) is 0. The van der Waals surface area contributed by atoms with Crippen LogP contribution in [0.4, 0.5) is 17.2 Å². The van der Waals surface area contributed by atoms with Gasteiger partial charge in [-0.05, 0) is 55.7 Å². The Morgan fingerprint density at radius 3 is 2.50 bits per heavy atom. The SMILES string of the molecule is CCCC(=O)Nc1cccc(NC(=O)C2CCN(c3ccc4cccc(O)c4n3)CC2)c1. The number of phenolic OH excluding ortho intramolecular Hbond substituents is 1. The number of fused-ring (bicyclic) bond motifs is 1. The summed E-state index contributed by atoms with van der Waals surface area (Å²) >= 11 is 0. The predicted molar refractivity (Wildman–Crippen MR) is 127 cm³/mol. The van der Waals surface area contributed by atoms with E-state index in [0.717, 1.165) is 43.6 Å². The van der Waals surface area contributed by atoms with Gasteiger partial charge in [0.2, 0.25) is 11.8 Å². The van der Waals surface area contributed by atoms with E-state index < -0.39 is 0 Å². The zero-order valence-electron chi connectivity index (χ0n) is 18.2. The van der Waals surface area contributed by atoms with Crippen LogP contribution in [-0.2, 0) is 9.59 Å². The first-order chi connectivity index (χ1) is 15.5. The highest BCUT2D eigenvalue weighted by molar-refractivity contribution is 5.95. The zero-order valence-corrected chi connectivity index (χ0v) is 18.2. The summed E-state index contributed by atoms with van der Waals surface area (Å²) in [6.45, 7) is 3.40. The molecule has 0 unspecified atom stereocenters. The van der Waals surface area contributed by atoms with Gasteiger partial charge in [0, 0.05) is 42.2 Å². The Kier molecular flexibility index (Phi) is 6.54. The van der Waals surface area contributed by atoms with Crippen molar-refractivity contribution < 1.29 is 14.7 Å². The van der Waals surface area contributed by atoms with E-state index in [-0.39, 0.29) is 23.5 Å². The molecule has 0 atom stereocenters. The molecule has 3 aromatic rings. The number of phenols is 1. The standard InChI is InChI=1S/C25H28N4O3/c1-2-5-23(31)26-19-7-4-8-20(16-19)27-25(32)18-12-14-29(15-13-18)22-11-10-17-6-3-9-21(30)24(17)28-22/h3-4,6-11,16,18,30H,2,5,12-15H2,1H3,(H,26,31)(H,27,32). The number of nitrogens with zero attached hydrogens (tertiary/aromatic N) is 2. The average Bonchev–Trinajstić information content (AvgIpc) is 2.80. The van der Waals surface area contributed by atoms with E-state index in [0.29, 0.717) is 23.3 Å². The van der Waals surface area contributed by atoms with Gasteiger partial charge in [-0.2, -0.15) is 0 Å². The first kappa shape index (κ1) is 21.6. The summed E-state index contributed by atoms with van der Waals surface area (Å²) in [5.41, 5.74) is 1.95. The topological polar surface area (TPSA) is 94.6 Å². The van der Waals surface area contributed by atoms with Crippen molar-refractivity contribution in [1.29, 1.82) is 0 Å². The molecule has 1 saturated heterocycles. The normalized spacial score (nSPS) is 14.3. The summed E-state index contributed by atoms with van der Waals surface area (Å²) in [4.78, 5) is 31.4. The van der Waals surface area contributed by atoms with Crippen LogP contribution >= 0.6 is 0 Å². The van der Waals surface area contributed by atoms with Gasteiger partial charge in [-0.3, -0.25) is 9.59 Å². The molecule has 0 aliphatic carbocycles. The number of piperidine rings is 1. The maximum Gasteiger partial charge on any atom is 0.227 e. The van der Waals surface area contributed by atoms with Crippen molar-refractivity contribution in [2.75, 3.05) is 28.6 Å². The van der Waals surface area contributed by atoms with Gasteiger partial charge in [-0.25, -0.2) is 4.98 Å². The highest BCUT2D eigenvalue weighted by Crippen LogP contribution is 2.28. The molecule has 1 aromatic heterocycles. The lowest BCUT2D eigenvalue weighted by Crippen LogP contribution is -2.38. The number of aromatic nitrogens is 1. The number of carbonyl (C=O) groups is 2. The van der Waals surface area contributed by atoms with Crippen molar-refractivity contribution in [2.24, 2.45) is 5.92 Å². The molecule has 1 aliphatic heterocycles. The van der Waals surface area contributed by atoms with Crippen LogP contribution in [0, 0.1) is 5.92 Å². The first-order valence-electron chi connectivity index (χ1n) is 11.1. The summed E-state index contributed by atoms with van der Waals surface area (Å²) < 4.78 is 0. The van der Waals surface area contributed by atoms with E-state index in [9.17, 15) is 14.7 Å². The number of hydrogen-bond donors (Lipinski definition) is 3. The van der Waals surface area contributed by atoms with Crippen LogP contribution in [0.2, 0.25) is 0 Å². The lowest BCUT2D eigenvalue weighted by Gasteiger charge is -2.32. The average molecular weight is 433 g/mol. The fraction of sp³-hybridized carbons (Fsp3) is 0.320. The number of carbonyl (C=O) groups excluding carboxylic acids is 2. The Bertz CT molecular complexity index is 1120. The maximum absolute atomic E-state index is 12.8. The molecule has 0 saturated carbocycles. The number of amides is 2. The number of pyridine rings is 1. The van der Waals surface area contributed by atoms with E-state index in [1.165, 1.54) is 0 Å². The van der Waals surface area contributed by atoms with E-state index >= 15 is 0 Å². The summed E-state index contributed by atoms with van der Waals surface area (Å²) in [6.07, 6.45) is 2.70. The van der Waals surface area contributed by atoms with E-state index in [1.807, 2.05) is 43.3 Å². The highest BCUT2D eigenvalue weighted by atomic mass is 16.3. The van der Waals surface area contributed by atoms with Gasteiger partial charge in [-0.1, -0.05) is 25.1 Å². The molecule has 1 aliphatic rings. The Balaban J connectivity index is 1.35. The Hall–Kier alpha value is -3.61. The van der Waals surface area contributed by atoms with Crippen LogP contribution in [0.25, 0.3) is 10.9 Å². The van der Waals surface area contributed by atoms with E-state index in [1.54, 1.807) is 18.2 Å². The van der Waals surface area contributed by atoms with Gasteiger partial charge in [0.25, 0.3) is 0 Å².